The lowest BCUT2D eigenvalue weighted by Crippen LogP contribution is -1.94. The number of carbonyl (C=O) groups excluding carboxylic acids is 1. The molecule has 0 aromatic heterocycles. The third-order valence-electron chi connectivity index (χ3n) is 2.86. The fourth-order valence-corrected chi connectivity index (χ4v) is 2.06. The summed E-state index contributed by atoms with van der Waals surface area (Å²) in [6.07, 6.45) is -0.114. The Morgan fingerprint density at radius 3 is 2.53 bits per heavy atom. The molecule has 1 aliphatic rings. The Labute approximate surface area is 87.5 Å². The van der Waals surface area contributed by atoms with Gasteiger partial charge in [-0.05, 0) is 29.8 Å². The Morgan fingerprint density at radius 2 is 1.80 bits per heavy atom. The van der Waals surface area contributed by atoms with Crippen molar-refractivity contribution in [2.24, 2.45) is 0 Å². The largest absolute Gasteiger partial charge is 0.454 e. The molecule has 0 aliphatic carbocycles. The zero-order valence-corrected chi connectivity index (χ0v) is 8.36. The minimum absolute atomic E-state index is 0.114. The van der Waals surface area contributed by atoms with Crippen LogP contribution in [-0.2, 0) is 4.74 Å². The smallest absolute Gasteiger partial charge is 0.339 e. The van der Waals surface area contributed by atoms with E-state index in [2.05, 4.69) is 0 Å². The molecule has 0 amide bonds. The second-order valence-electron chi connectivity index (χ2n) is 3.83. The zero-order chi connectivity index (χ0) is 10.4. The van der Waals surface area contributed by atoms with E-state index >= 15 is 0 Å². The minimum Gasteiger partial charge on any atom is -0.454 e. The Bertz CT molecular complexity index is 557. The van der Waals surface area contributed by atoms with E-state index in [1.807, 2.05) is 43.3 Å². The van der Waals surface area contributed by atoms with Crippen LogP contribution in [0.5, 0.6) is 0 Å². The third kappa shape index (κ3) is 1.14. The van der Waals surface area contributed by atoms with Crippen LogP contribution in [0.25, 0.3) is 10.8 Å². The van der Waals surface area contributed by atoms with Crippen LogP contribution in [0.4, 0.5) is 0 Å². The van der Waals surface area contributed by atoms with Gasteiger partial charge < -0.3 is 4.74 Å². The molecule has 0 fully saturated rings. The second kappa shape index (κ2) is 2.83. The van der Waals surface area contributed by atoms with Gasteiger partial charge >= 0.3 is 5.97 Å². The van der Waals surface area contributed by atoms with Crippen molar-refractivity contribution in [3.05, 3.63) is 47.5 Å². The number of benzene rings is 2. The molecule has 0 spiro atoms. The van der Waals surface area contributed by atoms with Crippen molar-refractivity contribution in [1.82, 2.24) is 0 Å². The summed E-state index contributed by atoms with van der Waals surface area (Å²) in [5.74, 6) is -0.205. The van der Waals surface area contributed by atoms with E-state index in [0.717, 1.165) is 16.3 Å². The molecule has 1 atom stereocenters. The van der Waals surface area contributed by atoms with Gasteiger partial charge in [0, 0.05) is 5.56 Å². The second-order valence-corrected chi connectivity index (χ2v) is 3.83. The highest BCUT2D eigenvalue weighted by Gasteiger charge is 2.27. The lowest BCUT2D eigenvalue weighted by atomic mass is 10.00. The van der Waals surface area contributed by atoms with E-state index in [9.17, 15) is 4.79 Å². The number of cyclic esters (lactones) is 1. The monoisotopic (exact) mass is 198 g/mol. The molecular weight excluding hydrogens is 188 g/mol. The maximum absolute atomic E-state index is 11.5. The topological polar surface area (TPSA) is 26.3 Å². The van der Waals surface area contributed by atoms with Crippen LogP contribution in [0.15, 0.2) is 36.4 Å². The van der Waals surface area contributed by atoms with Crippen LogP contribution < -0.4 is 0 Å². The number of fused-ring (bicyclic) bond motifs is 2. The molecule has 1 heterocycles. The Kier molecular flexibility index (Phi) is 1.60. The van der Waals surface area contributed by atoms with Gasteiger partial charge in [-0.3, -0.25) is 0 Å². The quantitative estimate of drug-likeness (QED) is 0.608. The number of hydrogen-bond acceptors (Lipinski definition) is 2. The maximum Gasteiger partial charge on any atom is 0.339 e. The van der Waals surface area contributed by atoms with Gasteiger partial charge in [-0.1, -0.05) is 24.3 Å². The first-order valence-electron chi connectivity index (χ1n) is 4.99. The molecule has 15 heavy (non-hydrogen) atoms. The predicted molar refractivity (Wildman–Crippen MR) is 57.8 cm³/mol. The first kappa shape index (κ1) is 8.48. The van der Waals surface area contributed by atoms with Gasteiger partial charge in [0.15, 0.2) is 0 Å². The summed E-state index contributed by atoms with van der Waals surface area (Å²) >= 11 is 0. The molecule has 0 saturated heterocycles. The van der Waals surface area contributed by atoms with E-state index in [1.165, 1.54) is 0 Å². The molecular formula is C13H10O2. The van der Waals surface area contributed by atoms with Crippen LogP contribution in [0.1, 0.15) is 28.9 Å². The van der Waals surface area contributed by atoms with E-state index in [4.69, 9.17) is 4.74 Å². The molecule has 0 unspecified atom stereocenters. The highest BCUT2D eigenvalue weighted by atomic mass is 16.5. The normalized spacial score (nSPS) is 19.0. The van der Waals surface area contributed by atoms with E-state index in [1.54, 1.807) is 0 Å². The Hall–Kier alpha value is -1.83. The first-order valence-corrected chi connectivity index (χ1v) is 4.99. The van der Waals surface area contributed by atoms with Gasteiger partial charge in [0.05, 0.1) is 5.56 Å². The summed E-state index contributed by atoms with van der Waals surface area (Å²) in [5.41, 5.74) is 1.71. The summed E-state index contributed by atoms with van der Waals surface area (Å²) in [4.78, 5) is 11.5. The Morgan fingerprint density at radius 1 is 1.13 bits per heavy atom. The minimum atomic E-state index is -0.205. The number of esters is 1. The summed E-state index contributed by atoms with van der Waals surface area (Å²) in [6, 6.07) is 12.0. The van der Waals surface area contributed by atoms with Gasteiger partial charge in [0.2, 0.25) is 0 Å². The molecule has 2 heteroatoms. The molecule has 2 aromatic rings. The SMILES string of the molecule is C[C@@H]1OC(=O)c2cc3ccccc3cc21. The van der Waals surface area contributed by atoms with Crippen LogP contribution in [-0.4, -0.2) is 5.97 Å². The molecule has 0 bridgehead atoms. The Balaban J connectivity index is 2.36. The van der Waals surface area contributed by atoms with Crippen LogP contribution in [0.3, 0.4) is 0 Å². The van der Waals surface area contributed by atoms with Crippen molar-refractivity contribution < 1.29 is 9.53 Å². The van der Waals surface area contributed by atoms with Gasteiger partial charge in [0.1, 0.15) is 6.10 Å². The maximum atomic E-state index is 11.5. The van der Waals surface area contributed by atoms with Crippen molar-refractivity contribution in [3.8, 4) is 0 Å². The number of carbonyl (C=O) groups is 1. The summed E-state index contributed by atoms with van der Waals surface area (Å²) < 4.78 is 5.16. The van der Waals surface area contributed by atoms with E-state index < -0.39 is 0 Å². The van der Waals surface area contributed by atoms with Gasteiger partial charge in [-0.15, -0.1) is 0 Å². The molecule has 0 saturated carbocycles. The third-order valence-corrected chi connectivity index (χ3v) is 2.86. The van der Waals surface area contributed by atoms with Crippen LogP contribution in [0.2, 0.25) is 0 Å². The lowest BCUT2D eigenvalue weighted by molar-refractivity contribution is 0.0422. The van der Waals surface area contributed by atoms with Crippen LogP contribution >= 0.6 is 0 Å². The first-order chi connectivity index (χ1) is 7.25. The van der Waals surface area contributed by atoms with Gasteiger partial charge in [-0.2, -0.15) is 0 Å². The summed E-state index contributed by atoms with van der Waals surface area (Å²) in [5, 5.41) is 2.24. The van der Waals surface area contributed by atoms with Gasteiger partial charge in [-0.25, -0.2) is 4.79 Å². The molecule has 0 N–H and O–H groups in total. The van der Waals surface area contributed by atoms with Crippen molar-refractivity contribution in [2.45, 2.75) is 13.0 Å². The van der Waals surface area contributed by atoms with Crippen LogP contribution in [0, 0.1) is 0 Å². The highest BCUT2D eigenvalue weighted by molar-refractivity contribution is 5.99. The molecule has 3 rings (SSSR count). The average molecular weight is 198 g/mol. The summed E-state index contributed by atoms with van der Waals surface area (Å²) in [6.45, 7) is 1.90. The zero-order valence-electron chi connectivity index (χ0n) is 8.36. The lowest BCUT2D eigenvalue weighted by Gasteiger charge is -2.03. The van der Waals surface area contributed by atoms with Crippen molar-refractivity contribution >= 4 is 16.7 Å². The average Bonchev–Trinajstić information content (AvgIpc) is 2.52. The van der Waals surface area contributed by atoms with Gasteiger partial charge in [0.25, 0.3) is 0 Å². The number of hydrogen-bond donors (Lipinski definition) is 0. The van der Waals surface area contributed by atoms with Crippen molar-refractivity contribution in [2.75, 3.05) is 0 Å². The number of ether oxygens (including phenoxy) is 1. The molecule has 1 aliphatic heterocycles. The molecule has 0 radical (unpaired) electrons. The fraction of sp³-hybridized carbons (Fsp3) is 0.154. The standard InChI is InChI=1S/C13H10O2/c1-8-11-6-9-4-2-3-5-10(9)7-12(11)13(14)15-8/h2-8H,1H3/t8-/m0/s1. The van der Waals surface area contributed by atoms with E-state index in [-0.39, 0.29) is 12.1 Å². The fourth-order valence-electron chi connectivity index (χ4n) is 2.06. The van der Waals surface area contributed by atoms with Crippen molar-refractivity contribution in [1.29, 1.82) is 0 Å². The van der Waals surface area contributed by atoms with Crippen molar-refractivity contribution in [3.63, 3.8) is 0 Å². The number of rotatable bonds is 0. The highest BCUT2D eigenvalue weighted by Crippen LogP contribution is 2.33. The predicted octanol–water partition coefficient (Wildman–Crippen LogP) is 3.07. The molecule has 74 valence electrons. The summed E-state index contributed by atoms with van der Waals surface area (Å²) in [7, 11) is 0. The molecule has 2 aromatic carbocycles. The van der Waals surface area contributed by atoms with E-state index in [0.29, 0.717) is 5.56 Å². The molecule has 2 nitrogen and oxygen atoms in total.